The number of rotatable bonds is 3. The third kappa shape index (κ3) is 4.04. The summed E-state index contributed by atoms with van der Waals surface area (Å²) < 4.78 is 12.8. The fraction of sp³-hybridized carbons (Fsp3) is 0.500. The van der Waals surface area contributed by atoms with E-state index in [1.54, 1.807) is 12.1 Å². The zero-order valence-electron chi connectivity index (χ0n) is 12.6. The van der Waals surface area contributed by atoms with E-state index in [2.05, 4.69) is 5.32 Å². The van der Waals surface area contributed by atoms with Crippen LogP contribution in [0.15, 0.2) is 24.3 Å². The van der Waals surface area contributed by atoms with Crippen molar-refractivity contribution in [3.8, 4) is 0 Å². The number of halogens is 1. The number of likely N-dealkylation sites (tertiary alicyclic amines) is 1. The predicted molar refractivity (Wildman–Crippen MR) is 79.2 cm³/mol. The van der Waals surface area contributed by atoms with Gasteiger partial charge in [0, 0.05) is 25.7 Å². The Hall–Kier alpha value is -1.95. The Labute approximate surface area is 129 Å². The summed E-state index contributed by atoms with van der Waals surface area (Å²) >= 11 is 0. The molecule has 1 fully saturated rings. The van der Waals surface area contributed by atoms with Gasteiger partial charge in [0.2, 0.25) is 0 Å². The number of aliphatic hydroxyl groups is 1. The number of nitrogens with one attached hydrogen (secondary N) is 1. The maximum absolute atomic E-state index is 12.8. The van der Waals surface area contributed by atoms with E-state index in [9.17, 15) is 19.1 Å². The fourth-order valence-electron chi connectivity index (χ4n) is 2.60. The van der Waals surface area contributed by atoms with E-state index >= 15 is 0 Å². The number of nitrogens with zero attached hydrogens (tertiary/aromatic N) is 1. The molecular weight excluding hydrogens is 287 g/mol. The van der Waals surface area contributed by atoms with Crippen molar-refractivity contribution in [2.45, 2.75) is 32.4 Å². The molecule has 120 valence electrons. The van der Waals surface area contributed by atoms with Gasteiger partial charge in [-0.25, -0.2) is 4.39 Å². The second kappa shape index (κ2) is 7.35. The van der Waals surface area contributed by atoms with Crippen molar-refractivity contribution >= 4 is 11.8 Å². The molecular formula is C16H21FN2O3. The average molecular weight is 308 g/mol. The number of piperidine rings is 1. The summed E-state index contributed by atoms with van der Waals surface area (Å²) in [6.07, 6.45) is 1.64. The first kappa shape index (κ1) is 16.4. The van der Waals surface area contributed by atoms with Crippen LogP contribution in [0.2, 0.25) is 0 Å². The van der Waals surface area contributed by atoms with Gasteiger partial charge in [-0.05, 0) is 43.4 Å². The van der Waals surface area contributed by atoms with Gasteiger partial charge < -0.3 is 15.3 Å². The van der Waals surface area contributed by atoms with Crippen LogP contribution >= 0.6 is 0 Å². The minimum Gasteiger partial charge on any atom is -0.396 e. The molecule has 0 saturated carbocycles. The number of hydrogen-bond acceptors (Lipinski definition) is 3. The van der Waals surface area contributed by atoms with Gasteiger partial charge in [-0.3, -0.25) is 9.59 Å². The molecule has 1 heterocycles. The summed E-state index contributed by atoms with van der Waals surface area (Å²) in [6, 6.07) is 5.73. The van der Waals surface area contributed by atoms with Crippen LogP contribution in [0.25, 0.3) is 0 Å². The molecule has 2 amide bonds. The molecule has 1 aromatic rings. The normalized spacial score (nSPS) is 21.5. The smallest absolute Gasteiger partial charge is 0.312 e. The summed E-state index contributed by atoms with van der Waals surface area (Å²) in [4.78, 5) is 25.7. The van der Waals surface area contributed by atoms with Crippen LogP contribution in [-0.2, 0) is 16.1 Å². The molecule has 1 aliphatic rings. The van der Waals surface area contributed by atoms with E-state index in [0.29, 0.717) is 6.54 Å². The summed E-state index contributed by atoms with van der Waals surface area (Å²) in [5, 5.41) is 11.8. The zero-order valence-corrected chi connectivity index (χ0v) is 12.6. The summed E-state index contributed by atoms with van der Waals surface area (Å²) in [6.45, 7) is 2.50. The van der Waals surface area contributed by atoms with Crippen LogP contribution in [0.3, 0.4) is 0 Å². The number of carbonyl (C=O) groups is 2. The number of hydrogen-bond donors (Lipinski definition) is 2. The fourth-order valence-corrected chi connectivity index (χ4v) is 2.60. The van der Waals surface area contributed by atoms with Crippen molar-refractivity contribution in [2.75, 3.05) is 13.2 Å². The maximum Gasteiger partial charge on any atom is 0.312 e. The minimum atomic E-state index is -0.672. The Morgan fingerprint density at radius 2 is 2.00 bits per heavy atom. The van der Waals surface area contributed by atoms with Crippen molar-refractivity contribution in [2.24, 2.45) is 5.92 Å². The molecule has 2 atom stereocenters. The quantitative estimate of drug-likeness (QED) is 0.821. The van der Waals surface area contributed by atoms with Crippen LogP contribution in [-0.4, -0.2) is 41.0 Å². The largest absolute Gasteiger partial charge is 0.396 e. The van der Waals surface area contributed by atoms with Crippen molar-refractivity contribution in [1.82, 2.24) is 10.2 Å². The standard InChI is InChI=1S/C16H21FN2O3/c1-11-2-3-13(10-20)9-19(11)16(22)15(21)18-8-12-4-6-14(17)7-5-12/h4-7,11,13,20H,2-3,8-10H2,1H3,(H,18,21). The van der Waals surface area contributed by atoms with Crippen molar-refractivity contribution in [1.29, 1.82) is 0 Å². The highest BCUT2D eigenvalue weighted by Gasteiger charge is 2.31. The highest BCUT2D eigenvalue weighted by Crippen LogP contribution is 2.21. The number of aliphatic hydroxyl groups excluding tert-OH is 1. The van der Waals surface area contributed by atoms with Crippen molar-refractivity contribution < 1.29 is 19.1 Å². The highest BCUT2D eigenvalue weighted by atomic mass is 19.1. The molecule has 6 heteroatoms. The summed E-state index contributed by atoms with van der Waals surface area (Å²) in [5.41, 5.74) is 0.725. The molecule has 0 aliphatic carbocycles. The van der Waals surface area contributed by atoms with Gasteiger partial charge in [0.25, 0.3) is 0 Å². The van der Waals surface area contributed by atoms with Gasteiger partial charge in [0.1, 0.15) is 5.82 Å². The molecule has 1 saturated heterocycles. The van der Waals surface area contributed by atoms with E-state index in [1.807, 2.05) is 6.92 Å². The lowest BCUT2D eigenvalue weighted by Crippen LogP contribution is -2.51. The van der Waals surface area contributed by atoms with Crippen LogP contribution < -0.4 is 5.32 Å². The first-order valence-corrected chi connectivity index (χ1v) is 7.45. The van der Waals surface area contributed by atoms with E-state index < -0.39 is 11.8 Å². The second-order valence-corrected chi connectivity index (χ2v) is 5.74. The van der Waals surface area contributed by atoms with Gasteiger partial charge >= 0.3 is 11.8 Å². The molecule has 0 bridgehead atoms. The lowest BCUT2D eigenvalue weighted by Gasteiger charge is -2.36. The molecule has 1 aromatic carbocycles. The van der Waals surface area contributed by atoms with Gasteiger partial charge in [-0.1, -0.05) is 12.1 Å². The molecule has 0 aromatic heterocycles. The lowest BCUT2D eigenvalue weighted by molar-refractivity contribution is -0.149. The Kier molecular flexibility index (Phi) is 5.49. The van der Waals surface area contributed by atoms with E-state index in [-0.39, 0.29) is 30.9 Å². The van der Waals surface area contributed by atoms with Crippen LogP contribution in [0.1, 0.15) is 25.3 Å². The highest BCUT2D eigenvalue weighted by molar-refractivity contribution is 6.35. The van der Waals surface area contributed by atoms with Crippen molar-refractivity contribution in [3.05, 3.63) is 35.6 Å². The Balaban J connectivity index is 1.90. The van der Waals surface area contributed by atoms with Gasteiger partial charge in [-0.15, -0.1) is 0 Å². The zero-order chi connectivity index (χ0) is 16.1. The molecule has 2 N–H and O–H groups in total. The molecule has 2 unspecified atom stereocenters. The predicted octanol–water partition coefficient (Wildman–Crippen LogP) is 1.06. The topological polar surface area (TPSA) is 69.6 Å². The summed E-state index contributed by atoms with van der Waals surface area (Å²) in [7, 11) is 0. The van der Waals surface area contributed by atoms with E-state index in [0.717, 1.165) is 18.4 Å². The Bertz CT molecular complexity index is 533. The van der Waals surface area contributed by atoms with E-state index in [4.69, 9.17) is 0 Å². The maximum atomic E-state index is 12.8. The molecule has 22 heavy (non-hydrogen) atoms. The number of carbonyl (C=O) groups excluding carboxylic acids is 2. The Morgan fingerprint density at radius 3 is 2.64 bits per heavy atom. The number of benzene rings is 1. The minimum absolute atomic E-state index is 0.00753. The second-order valence-electron chi connectivity index (χ2n) is 5.74. The molecule has 2 rings (SSSR count). The van der Waals surface area contributed by atoms with E-state index in [1.165, 1.54) is 17.0 Å². The lowest BCUT2D eigenvalue weighted by atomic mass is 9.94. The van der Waals surface area contributed by atoms with Gasteiger partial charge in [0.05, 0.1) is 0 Å². The molecule has 0 spiro atoms. The SMILES string of the molecule is CC1CCC(CO)CN1C(=O)C(=O)NCc1ccc(F)cc1. The molecule has 5 nitrogen and oxygen atoms in total. The average Bonchev–Trinajstić information content (AvgIpc) is 2.54. The molecule has 1 aliphatic heterocycles. The number of amides is 2. The monoisotopic (exact) mass is 308 g/mol. The third-order valence-corrected chi connectivity index (χ3v) is 4.06. The summed E-state index contributed by atoms with van der Waals surface area (Å²) in [5.74, 6) is -1.56. The Morgan fingerprint density at radius 1 is 1.32 bits per heavy atom. The molecule has 0 radical (unpaired) electrons. The van der Waals surface area contributed by atoms with Crippen LogP contribution in [0.4, 0.5) is 4.39 Å². The first-order chi connectivity index (χ1) is 10.5. The first-order valence-electron chi connectivity index (χ1n) is 7.45. The van der Waals surface area contributed by atoms with Crippen LogP contribution in [0.5, 0.6) is 0 Å². The van der Waals surface area contributed by atoms with Gasteiger partial charge in [-0.2, -0.15) is 0 Å². The van der Waals surface area contributed by atoms with Gasteiger partial charge in [0.15, 0.2) is 0 Å². The van der Waals surface area contributed by atoms with Crippen molar-refractivity contribution in [3.63, 3.8) is 0 Å². The third-order valence-electron chi connectivity index (χ3n) is 4.06. The van der Waals surface area contributed by atoms with Crippen LogP contribution in [0, 0.1) is 11.7 Å².